The van der Waals surface area contributed by atoms with Gasteiger partial charge < -0.3 is 4.74 Å². The van der Waals surface area contributed by atoms with E-state index < -0.39 is 0 Å². The molecule has 0 bridgehead atoms. The smallest absolute Gasteiger partial charge is 0.109 e. The zero-order chi connectivity index (χ0) is 9.78. The molecule has 0 atom stereocenters. The Balaban J connectivity index is 5.00. The summed E-state index contributed by atoms with van der Waals surface area (Å²) in [7, 11) is 1.61. The molecule has 0 unspecified atom stereocenters. The third-order valence-electron chi connectivity index (χ3n) is 1.71. The van der Waals surface area contributed by atoms with Crippen molar-refractivity contribution in [1.29, 1.82) is 5.26 Å². The van der Waals surface area contributed by atoms with E-state index in [1.807, 2.05) is 27.7 Å². The second-order valence-electron chi connectivity index (χ2n) is 3.72. The van der Waals surface area contributed by atoms with Gasteiger partial charge >= 0.3 is 0 Å². The summed E-state index contributed by atoms with van der Waals surface area (Å²) in [6.45, 7) is 8.03. The van der Waals surface area contributed by atoms with Crippen LogP contribution in [-0.4, -0.2) is 7.11 Å². The maximum Gasteiger partial charge on any atom is 0.109 e. The van der Waals surface area contributed by atoms with Crippen molar-refractivity contribution in [3.8, 4) is 6.07 Å². The van der Waals surface area contributed by atoms with Gasteiger partial charge in [0.2, 0.25) is 0 Å². The van der Waals surface area contributed by atoms with Crippen molar-refractivity contribution in [3.63, 3.8) is 0 Å². The van der Waals surface area contributed by atoms with Crippen LogP contribution in [0, 0.1) is 16.7 Å². The van der Waals surface area contributed by atoms with Gasteiger partial charge in [0.25, 0.3) is 0 Å². The molecule has 0 aliphatic carbocycles. The van der Waals surface area contributed by atoms with Crippen molar-refractivity contribution in [2.24, 2.45) is 5.41 Å². The SMILES string of the molecule is CC/C(OC)=C(\C#N)C(C)(C)C. The summed E-state index contributed by atoms with van der Waals surface area (Å²) < 4.78 is 5.14. The standard InChI is InChI=1S/C10H17NO/c1-6-9(12-5)8(7-11)10(2,3)4/h6H2,1-5H3/b9-8-. The minimum Gasteiger partial charge on any atom is -0.500 e. The molecule has 0 heterocycles. The monoisotopic (exact) mass is 167 g/mol. The molecule has 0 rings (SSSR count). The molecule has 0 aliphatic rings. The number of hydrogen-bond acceptors (Lipinski definition) is 2. The molecule has 12 heavy (non-hydrogen) atoms. The minimum absolute atomic E-state index is 0.115. The molecule has 0 spiro atoms. The van der Waals surface area contributed by atoms with Crippen LogP contribution in [-0.2, 0) is 4.74 Å². The highest BCUT2D eigenvalue weighted by Gasteiger charge is 2.21. The molecule has 0 aromatic heterocycles. The van der Waals surface area contributed by atoms with Gasteiger partial charge in [-0.3, -0.25) is 0 Å². The predicted molar refractivity (Wildman–Crippen MR) is 49.4 cm³/mol. The molecular weight excluding hydrogens is 150 g/mol. The summed E-state index contributed by atoms with van der Waals surface area (Å²) in [6.07, 6.45) is 0.774. The van der Waals surface area contributed by atoms with Gasteiger partial charge in [-0.1, -0.05) is 27.7 Å². The Morgan fingerprint density at radius 3 is 2.00 bits per heavy atom. The lowest BCUT2D eigenvalue weighted by Gasteiger charge is -2.19. The van der Waals surface area contributed by atoms with E-state index in [-0.39, 0.29) is 5.41 Å². The Labute approximate surface area is 74.8 Å². The summed E-state index contributed by atoms with van der Waals surface area (Å²) in [5, 5.41) is 8.91. The lowest BCUT2D eigenvalue weighted by molar-refractivity contribution is 0.267. The van der Waals surface area contributed by atoms with Gasteiger partial charge in [0.15, 0.2) is 0 Å². The third kappa shape index (κ3) is 2.58. The van der Waals surface area contributed by atoms with Crippen LogP contribution in [0.1, 0.15) is 34.1 Å². The summed E-state index contributed by atoms with van der Waals surface area (Å²) in [4.78, 5) is 0. The normalized spacial score (nSPS) is 13.3. The first-order valence-corrected chi connectivity index (χ1v) is 4.15. The highest BCUT2D eigenvalue weighted by molar-refractivity contribution is 5.29. The molecule has 68 valence electrons. The summed E-state index contributed by atoms with van der Waals surface area (Å²) in [5.41, 5.74) is 0.628. The number of nitriles is 1. The Hall–Kier alpha value is -0.970. The van der Waals surface area contributed by atoms with Crippen molar-refractivity contribution in [2.45, 2.75) is 34.1 Å². The van der Waals surface area contributed by atoms with Crippen LogP contribution in [0.25, 0.3) is 0 Å². The Kier molecular flexibility index (Phi) is 3.82. The molecule has 0 saturated heterocycles. The van der Waals surface area contributed by atoms with E-state index in [0.717, 1.165) is 17.8 Å². The molecule has 0 aliphatic heterocycles. The maximum atomic E-state index is 8.91. The van der Waals surface area contributed by atoms with Crippen molar-refractivity contribution in [1.82, 2.24) is 0 Å². The summed E-state index contributed by atoms with van der Waals surface area (Å²) in [5.74, 6) is 0.796. The molecule has 0 aromatic rings. The van der Waals surface area contributed by atoms with Crippen molar-refractivity contribution in [3.05, 3.63) is 11.3 Å². The van der Waals surface area contributed by atoms with Crippen LogP contribution in [0.2, 0.25) is 0 Å². The number of ether oxygens (including phenoxy) is 1. The van der Waals surface area contributed by atoms with Gasteiger partial charge in [-0.25, -0.2) is 0 Å². The Morgan fingerprint density at radius 2 is 1.92 bits per heavy atom. The van der Waals surface area contributed by atoms with Crippen molar-refractivity contribution >= 4 is 0 Å². The van der Waals surface area contributed by atoms with E-state index in [9.17, 15) is 0 Å². The largest absolute Gasteiger partial charge is 0.500 e. The van der Waals surface area contributed by atoms with E-state index in [4.69, 9.17) is 10.00 Å². The molecule has 2 heteroatoms. The topological polar surface area (TPSA) is 33.0 Å². The Morgan fingerprint density at radius 1 is 1.42 bits per heavy atom. The zero-order valence-electron chi connectivity index (χ0n) is 8.56. The Bertz CT molecular complexity index is 209. The highest BCUT2D eigenvalue weighted by Crippen LogP contribution is 2.28. The molecule has 0 saturated carbocycles. The van der Waals surface area contributed by atoms with Gasteiger partial charge in [0, 0.05) is 11.8 Å². The molecule has 0 N–H and O–H groups in total. The fraction of sp³-hybridized carbons (Fsp3) is 0.700. The molecule has 0 amide bonds. The average molecular weight is 167 g/mol. The predicted octanol–water partition coefficient (Wildman–Crippen LogP) is 2.87. The molecule has 2 nitrogen and oxygen atoms in total. The molecule has 0 aromatic carbocycles. The van der Waals surface area contributed by atoms with E-state index >= 15 is 0 Å². The first kappa shape index (κ1) is 11.0. The summed E-state index contributed by atoms with van der Waals surface area (Å²) >= 11 is 0. The van der Waals surface area contributed by atoms with E-state index in [2.05, 4.69) is 6.07 Å². The average Bonchev–Trinajstić information content (AvgIpc) is 1.97. The third-order valence-corrected chi connectivity index (χ3v) is 1.71. The van der Waals surface area contributed by atoms with Gasteiger partial charge in [-0.05, 0) is 0 Å². The van der Waals surface area contributed by atoms with Gasteiger partial charge in [-0.15, -0.1) is 0 Å². The number of hydrogen-bond donors (Lipinski definition) is 0. The highest BCUT2D eigenvalue weighted by atomic mass is 16.5. The maximum absolute atomic E-state index is 8.91. The van der Waals surface area contributed by atoms with Crippen LogP contribution >= 0.6 is 0 Å². The first-order chi connectivity index (χ1) is 5.47. The fourth-order valence-electron chi connectivity index (χ4n) is 1.07. The van der Waals surface area contributed by atoms with Crippen LogP contribution in [0.3, 0.4) is 0 Å². The second-order valence-corrected chi connectivity index (χ2v) is 3.72. The van der Waals surface area contributed by atoms with E-state index in [1.54, 1.807) is 7.11 Å². The second kappa shape index (κ2) is 4.15. The number of rotatable bonds is 2. The zero-order valence-corrected chi connectivity index (χ0v) is 8.56. The van der Waals surface area contributed by atoms with Crippen molar-refractivity contribution < 1.29 is 4.74 Å². The number of methoxy groups -OCH3 is 1. The number of nitrogens with zero attached hydrogens (tertiary/aromatic N) is 1. The lowest BCUT2D eigenvalue weighted by Crippen LogP contribution is -2.11. The lowest BCUT2D eigenvalue weighted by atomic mass is 9.86. The van der Waals surface area contributed by atoms with Crippen LogP contribution < -0.4 is 0 Å². The van der Waals surface area contributed by atoms with Crippen molar-refractivity contribution in [2.75, 3.05) is 7.11 Å². The van der Waals surface area contributed by atoms with Gasteiger partial charge in [0.1, 0.15) is 5.76 Å². The molecular formula is C10H17NO. The van der Waals surface area contributed by atoms with E-state index in [1.165, 1.54) is 0 Å². The number of allylic oxidation sites excluding steroid dienone is 2. The van der Waals surface area contributed by atoms with Gasteiger partial charge in [-0.2, -0.15) is 5.26 Å². The van der Waals surface area contributed by atoms with Gasteiger partial charge in [0.05, 0.1) is 18.8 Å². The van der Waals surface area contributed by atoms with Crippen LogP contribution in [0.5, 0.6) is 0 Å². The van der Waals surface area contributed by atoms with Crippen LogP contribution in [0.4, 0.5) is 0 Å². The van der Waals surface area contributed by atoms with Crippen LogP contribution in [0.15, 0.2) is 11.3 Å². The minimum atomic E-state index is -0.115. The quantitative estimate of drug-likeness (QED) is 0.468. The molecule has 0 radical (unpaired) electrons. The first-order valence-electron chi connectivity index (χ1n) is 4.15. The summed E-state index contributed by atoms with van der Waals surface area (Å²) in [6, 6.07) is 2.20. The molecule has 0 fully saturated rings. The van der Waals surface area contributed by atoms with E-state index in [0.29, 0.717) is 0 Å². The fourth-order valence-corrected chi connectivity index (χ4v) is 1.07.